The lowest BCUT2D eigenvalue weighted by Crippen LogP contribution is -2.14. The molecule has 0 unspecified atom stereocenters. The number of amides is 2. The molecule has 1 aromatic heterocycles. The summed E-state index contributed by atoms with van der Waals surface area (Å²) in [5.74, 6) is 1.00. The summed E-state index contributed by atoms with van der Waals surface area (Å²) in [6.07, 6.45) is 1.60. The minimum Gasteiger partial charge on any atom is -0.444 e. The largest absolute Gasteiger partial charge is 0.444 e. The Morgan fingerprint density at radius 1 is 1.14 bits per heavy atom. The first-order chi connectivity index (χ1) is 13.5. The van der Waals surface area contributed by atoms with E-state index < -0.39 is 0 Å². The van der Waals surface area contributed by atoms with Gasteiger partial charge in [-0.2, -0.15) is 0 Å². The van der Waals surface area contributed by atoms with Gasteiger partial charge in [-0.05, 0) is 30.3 Å². The predicted molar refractivity (Wildman–Crippen MR) is 112 cm³/mol. The molecule has 144 valence electrons. The predicted octanol–water partition coefficient (Wildman–Crippen LogP) is 4.83. The Hall–Kier alpha value is -2.77. The van der Waals surface area contributed by atoms with Crippen LogP contribution in [0, 0.1) is 0 Å². The van der Waals surface area contributed by atoms with E-state index in [4.69, 9.17) is 16.0 Å². The fourth-order valence-electron chi connectivity index (χ4n) is 2.42. The quantitative estimate of drug-likeness (QED) is 0.577. The van der Waals surface area contributed by atoms with Crippen molar-refractivity contribution < 1.29 is 14.0 Å². The Morgan fingerprint density at radius 3 is 2.64 bits per heavy atom. The van der Waals surface area contributed by atoms with Crippen molar-refractivity contribution in [1.29, 1.82) is 0 Å². The lowest BCUT2D eigenvalue weighted by Gasteiger charge is -2.09. The summed E-state index contributed by atoms with van der Waals surface area (Å²) in [4.78, 5) is 27.6. The summed E-state index contributed by atoms with van der Waals surface area (Å²) in [5, 5.41) is 5.75. The van der Waals surface area contributed by atoms with Crippen molar-refractivity contribution in [2.75, 3.05) is 16.4 Å². The monoisotopic (exact) mass is 415 g/mol. The molecule has 0 saturated heterocycles. The summed E-state index contributed by atoms with van der Waals surface area (Å²) >= 11 is 7.58. The van der Waals surface area contributed by atoms with E-state index in [1.165, 1.54) is 18.7 Å². The highest BCUT2D eigenvalue weighted by atomic mass is 35.5. The van der Waals surface area contributed by atoms with E-state index in [2.05, 4.69) is 15.6 Å². The van der Waals surface area contributed by atoms with Gasteiger partial charge in [0.15, 0.2) is 0 Å². The Kier molecular flexibility index (Phi) is 6.73. The van der Waals surface area contributed by atoms with Crippen molar-refractivity contribution in [3.63, 3.8) is 0 Å². The molecule has 0 spiro atoms. The first-order valence-electron chi connectivity index (χ1n) is 8.46. The van der Waals surface area contributed by atoms with Crippen molar-refractivity contribution in [3.05, 3.63) is 65.5 Å². The molecule has 0 fully saturated rings. The molecule has 28 heavy (non-hydrogen) atoms. The third-order valence-corrected chi connectivity index (χ3v) is 4.90. The Balaban J connectivity index is 1.49. The van der Waals surface area contributed by atoms with Gasteiger partial charge in [0.1, 0.15) is 6.26 Å². The van der Waals surface area contributed by atoms with Gasteiger partial charge in [-0.25, -0.2) is 4.98 Å². The number of thioether (sulfide) groups is 1. The van der Waals surface area contributed by atoms with Gasteiger partial charge in [-0.3, -0.25) is 9.59 Å². The molecule has 0 aliphatic carbocycles. The number of carbonyl (C=O) groups is 2. The fourth-order valence-corrected chi connectivity index (χ4v) is 3.35. The first kappa shape index (κ1) is 20.0. The number of hydrogen-bond acceptors (Lipinski definition) is 5. The van der Waals surface area contributed by atoms with E-state index in [-0.39, 0.29) is 17.6 Å². The number of halogens is 1. The normalized spacial score (nSPS) is 10.5. The average molecular weight is 416 g/mol. The number of benzene rings is 2. The van der Waals surface area contributed by atoms with E-state index in [9.17, 15) is 9.59 Å². The topological polar surface area (TPSA) is 84.2 Å². The van der Waals surface area contributed by atoms with Gasteiger partial charge in [0, 0.05) is 23.9 Å². The van der Waals surface area contributed by atoms with Crippen LogP contribution in [-0.4, -0.2) is 22.6 Å². The Bertz CT molecular complexity index is 976. The van der Waals surface area contributed by atoms with Crippen molar-refractivity contribution in [2.45, 2.75) is 12.7 Å². The van der Waals surface area contributed by atoms with Crippen LogP contribution in [0.15, 0.2) is 59.2 Å². The molecule has 3 aromatic rings. The van der Waals surface area contributed by atoms with Crippen LogP contribution in [0.3, 0.4) is 0 Å². The fraction of sp³-hybridized carbons (Fsp3) is 0.150. The van der Waals surface area contributed by atoms with E-state index >= 15 is 0 Å². The van der Waals surface area contributed by atoms with Crippen LogP contribution < -0.4 is 10.6 Å². The maximum atomic E-state index is 12.1. The molecular weight excluding hydrogens is 398 g/mol. The Morgan fingerprint density at radius 2 is 1.93 bits per heavy atom. The lowest BCUT2D eigenvalue weighted by atomic mass is 10.2. The van der Waals surface area contributed by atoms with Crippen LogP contribution in [0.4, 0.5) is 11.4 Å². The van der Waals surface area contributed by atoms with Crippen molar-refractivity contribution >= 4 is 46.6 Å². The van der Waals surface area contributed by atoms with Gasteiger partial charge < -0.3 is 15.1 Å². The molecule has 0 aliphatic rings. The van der Waals surface area contributed by atoms with Crippen LogP contribution in [0.1, 0.15) is 12.6 Å². The van der Waals surface area contributed by atoms with E-state index in [0.717, 1.165) is 11.3 Å². The molecule has 0 radical (unpaired) electrons. The second-order valence-corrected chi connectivity index (χ2v) is 7.32. The average Bonchev–Trinajstić information content (AvgIpc) is 3.13. The summed E-state index contributed by atoms with van der Waals surface area (Å²) < 4.78 is 5.49. The van der Waals surface area contributed by atoms with Gasteiger partial charge in [-0.15, -0.1) is 11.8 Å². The molecule has 3 rings (SSSR count). The van der Waals surface area contributed by atoms with Crippen LogP contribution >= 0.6 is 23.4 Å². The molecule has 2 N–H and O–H groups in total. The molecule has 0 atom stereocenters. The number of rotatable bonds is 7. The number of nitrogens with one attached hydrogen (secondary N) is 2. The van der Waals surface area contributed by atoms with Crippen molar-refractivity contribution in [2.24, 2.45) is 0 Å². The zero-order valence-corrected chi connectivity index (χ0v) is 16.6. The summed E-state index contributed by atoms with van der Waals surface area (Å²) in [7, 11) is 0. The second kappa shape index (κ2) is 9.43. The van der Waals surface area contributed by atoms with Gasteiger partial charge in [0.2, 0.25) is 17.7 Å². The summed E-state index contributed by atoms with van der Waals surface area (Å²) in [5.41, 5.74) is 2.75. The smallest absolute Gasteiger partial charge is 0.234 e. The molecular formula is C20H18ClN3O3S. The second-order valence-electron chi connectivity index (χ2n) is 5.93. The molecule has 0 saturated carbocycles. The number of aromatic nitrogens is 1. The maximum Gasteiger partial charge on any atom is 0.234 e. The van der Waals surface area contributed by atoms with Crippen LogP contribution in [0.25, 0.3) is 11.5 Å². The number of nitrogens with zero attached hydrogens (tertiary/aromatic N) is 1. The minimum absolute atomic E-state index is 0.175. The highest BCUT2D eigenvalue weighted by Crippen LogP contribution is 2.26. The zero-order chi connectivity index (χ0) is 19.9. The Labute approximate surface area is 171 Å². The van der Waals surface area contributed by atoms with Gasteiger partial charge in [0.25, 0.3) is 0 Å². The van der Waals surface area contributed by atoms with E-state index in [1.807, 2.05) is 30.3 Å². The van der Waals surface area contributed by atoms with Crippen LogP contribution in [0.2, 0.25) is 5.02 Å². The van der Waals surface area contributed by atoms with Gasteiger partial charge in [0.05, 0.1) is 22.2 Å². The molecule has 2 amide bonds. The molecule has 1 heterocycles. The maximum absolute atomic E-state index is 12.1. The zero-order valence-electron chi connectivity index (χ0n) is 15.1. The molecule has 0 bridgehead atoms. The summed E-state index contributed by atoms with van der Waals surface area (Å²) in [6, 6.07) is 14.6. The number of oxazole rings is 1. The first-order valence-corrected chi connectivity index (χ1v) is 9.99. The van der Waals surface area contributed by atoms with Gasteiger partial charge >= 0.3 is 0 Å². The standard InChI is InChI=1S/C20H18ClN3O3S/c1-13(25)22-15-7-8-18(17(21)9-15)24-19(26)12-28-11-16-10-27-20(23-16)14-5-3-2-4-6-14/h2-10H,11-12H2,1H3,(H,22,25)(H,24,26). The van der Waals surface area contributed by atoms with E-state index in [0.29, 0.717) is 28.0 Å². The number of carbonyl (C=O) groups excluding carboxylic acids is 2. The highest BCUT2D eigenvalue weighted by Gasteiger charge is 2.10. The molecule has 6 nitrogen and oxygen atoms in total. The van der Waals surface area contributed by atoms with Crippen molar-refractivity contribution in [1.82, 2.24) is 4.98 Å². The van der Waals surface area contributed by atoms with E-state index in [1.54, 1.807) is 24.5 Å². The lowest BCUT2D eigenvalue weighted by molar-refractivity contribution is -0.114. The van der Waals surface area contributed by atoms with Crippen LogP contribution in [-0.2, 0) is 15.3 Å². The number of hydrogen-bond donors (Lipinski definition) is 2. The summed E-state index contributed by atoms with van der Waals surface area (Å²) in [6.45, 7) is 1.42. The third kappa shape index (κ3) is 5.61. The molecule has 8 heteroatoms. The molecule has 2 aromatic carbocycles. The molecule has 0 aliphatic heterocycles. The van der Waals surface area contributed by atoms with Crippen LogP contribution in [0.5, 0.6) is 0 Å². The number of anilines is 2. The SMILES string of the molecule is CC(=O)Nc1ccc(NC(=O)CSCc2coc(-c3ccccc3)n2)c(Cl)c1. The third-order valence-electron chi connectivity index (χ3n) is 3.62. The van der Waals surface area contributed by atoms with Gasteiger partial charge in [-0.1, -0.05) is 29.8 Å². The minimum atomic E-state index is -0.187. The highest BCUT2D eigenvalue weighted by molar-refractivity contribution is 7.99. The van der Waals surface area contributed by atoms with Crippen molar-refractivity contribution in [3.8, 4) is 11.5 Å².